The number of piperidine rings is 1. The highest BCUT2D eigenvalue weighted by Gasteiger charge is 2.37. The number of esters is 1. The molecule has 0 aromatic heterocycles. The van der Waals surface area contributed by atoms with Gasteiger partial charge in [-0.25, -0.2) is 4.39 Å². The third-order valence-corrected chi connectivity index (χ3v) is 5.14. The van der Waals surface area contributed by atoms with Crippen molar-refractivity contribution in [1.29, 1.82) is 0 Å². The molecule has 0 amide bonds. The maximum Gasteiger partial charge on any atom is 0.323 e. The Kier molecular flexibility index (Phi) is 4.85. The van der Waals surface area contributed by atoms with Crippen LogP contribution in [0.1, 0.15) is 31.2 Å². The van der Waals surface area contributed by atoms with E-state index in [1.807, 2.05) is 19.1 Å². The Bertz CT molecular complexity index is 570. The molecule has 2 saturated heterocycles. The van der Waals surface area contributed by atoms with Crippen LogP contribution in [0.4, 0.5) is 10.1 Å². The fourth-order valence-electron chi connectivity index (χ4n) is 3.92. The number of aryl methyl sites for hydroxylation is 1. The highest BCUT2D eigenvalue weighted by Crippen LogP contribution is 2.29. The molecule has 0 aliphatic carbocycles. The molecule has 1 aromatic carbocycles. The Balaban J connectivity index is 1.63. The summed E-state index contributed by atoms with van der Waals surface area (Å²) >= 11 is 0. The van der Waals surface area contributed by atoms with E-state index in [1.54, 1.807) is 6.07 Å². The molecule has 2 heterocycles. The number of rotatable bonds is 3. The quantitative estimate of drug-likeness (QED) is 0.802. The molecule has 0 N–H and O–H groups in total. The van der Waals surface area contributed by atoms with Gasteiger partial charge in [-0.3, -0.25) is 9.69 Å². The Morgan fingerprint density at radius 3 is 2.61 bits per heavy atom. The lowest BCUT2D eigenvalue weighted by Gasteiger charge is -2.39. The molecular weight excluding hydrogens is 295 g/mol. The van der Waals surface area contributed by atoms with Gasteiger partial charge in [0.2, 0.25) is 0 Å². The molecule has 2 aliphatic rings. The number of carbonyl (C=O) groups excluding carboxylic acids is 1. The summed E-state index contributed by atoms with van der Waals surface area (Å²) in [7, 11) is 1.46. The number of nitrogens with zero attached hydrogens (tertiary/aromatic N) is 2. The Labute approximate surface area is 137 Å². The van der Waals surface area contributed by atoms with E-state index in [9.17, 15) is 9.18 Å². The van der Waals surface area contributed by atoms with Gasteiger partial charge in [0, 0.05) is 19.1 Å². The second kappa shape index (κ2) is 6.87. The number of benzene rings is 1. The zero-order chi connectivity index (χ0) is 16.4. The Morgan fingerprint density at radius 1 is 1.22 bits per heavy atom. The van der Waals surface area contributed by atoms with Gasteiger partial charge in [0.05, 0.1) is 12.8 Å². The Hall–Kier alpha value is -1.62. The minimum absolute atomic E-state index is 0.0901. The van der Waals surface area contributed by atoms with Crippen LogP contribution in [0, 0.1) is 12.7 Å². The first-order chi connectivity index (χ1) is 11.1. The third kappa shape index (κ3) is 3.34. The summed E-state index contributed by atoms with van der Waals surface area (Å²) in [6.45, 7) is 4.52. The van der Waals surface area contributed by atoms with Crippen molar-refractivity contribution in [2.75, 3.05) is 31.6 Å². The highest BCUT2D eigenvalue weighted by molar-refractivity contribution is 5.76. The predicted molar refractivity (Wildman–Crippen MR) is 88.1 cm³/mol. The van der Waals surface area contributed by atoms with Crippen molar-refractivity contribution in [3.05, 3.63) is 29.6 Å². The fourth-order valence-corrected chi connectivity index (χ4v) is 3.92. The monoisotopic (exact) mass is 320 g/mol. The molecule has 0 spiro atoms. The van der Waals surface area contributed by atoms with Crippen molar-refractivity contribution >= 4 is 11.7 Å². The van der Waals surface area contributed by atoms with Gasteiger partial charge in [-0.2, -0.15) is 0 Å². The summed E-state index contributed by atoms with van der Waals surface area (Å²) < 4.78 is 19.1. The van der Waals surface area contributed by atoms with Crippen LogP contribution < -0.4 is 4.90 Å². The lowest BCUT2D eigenvalue weighted by molar-refractivity contribution is -0.146. The standard InChI is InChI=1S/C18H25FN2O2/c1-13-5-6-16(15(19)12-13)20-10-7-14(8-11-20)21-9-3-4-17(21)18(22)23-2/h5-6,12,14,17H,3-4,7-11H2,1-2H3/t17-/m0/s1. The average molecular weight is 320 g/mol. The number of likely N-dealkylation sites (tertiary alicyclic amines) is 1. The molecule has 0 unspecified atom stereocenters. The van der Waals surface area contributed by atoms with Gasteiger partial charge in [-0.1, -0.05) is 6.07 Å². The topological polar surface area (TPSA) is 32.8 Å². The van der Waals surface area contributed by atoms with Crippen molar-refractivity contribution in [1.82, 2.24) is 4.90 Å². The molecule has 0 bridgehead atoms. The summed E-state index contributed by atoms with van der Waals surface area (Å²) in [5.74, 6) is -0.258. The minimum Gasteiger partial charge on any atom is -0.468 e. The second-order valence-corrected chi connectivity index (χ2v) is 6.59. The average Bonchev–Trinajstić information content (AvgIpc) is 3.04. The number of carbonyl (C=O) groups is 1. The van der Waals surface area contributed by atoms with E-state index < -0.39 is 0 Å². The van der Waals surface area contributed by atoms with Crippen LogP contribution in [-0.2, 0) is 9.53 Å². The molecule has 1 aromatic rings. The van der Waals surface area contributed by atoms with E-state index in [0.717, 1.165) is 50.9 Å². The highest BCUT2D eigenvalue weighted by atomic mass is 19.1. The summed E-state index contributed by atoms with van der Waals surface area (Å²) in [4.78, 5) is 16.3. The van der Waals surface area contributed by atoms with Crippen LogP contribution in [0.25, 0.3) is 0 Å². The molecule has 4 nitrogen and oxygen atoms in total. The predicted octanol–water partition coefficient (Wildman–Crippen LogP) is 2.74. The fraction of sp³-hybridized carbons (Fsp3) is 0.611. The number of hydrogen-bond donors (Lipinski definition) is 0. The molecule has 5 heteroatoms. The van der Waals surface area contributed by atoms with Crippen LogP contribution in [-0.4, -0.2) is 49.7 Å². The van der Waals surface area contributed by atoms with E-state index in [1.165, 1.54) is 7.11 Å². The normalized spacial score (nSPS) is 23.3. The zero-order valence-electron chi connectivity index (χ0n) is 13.9. The summed E-state index contributed by atoms with van der Waals surface area (Å²) in [5, 5.41) is 0. The number of halogens is 1. The van der Waals surface area contributed by atoms with Gasteiger partial charge < -0.3 is 9.64 Å². The summed E-state index contributed by atoms with van der Waals surface area (Å²) in [5.41, 5.74) is 1.64. The summed E-state index contributed by atoms with van der Waals surface area (Å²) in [6.07, 6.45) is 3.85. The SMILES string of the molecule is COC(=O)[C@@H]1CCCN1C1CCN(c2ccc(C)cc2F)CC1. The van der Waals surface area contributed by atoms with Gasteiger partial charge in [-0.15, -0.1) is 0 Å². The molecule has 126 valence electrons. The lowest BCUT2D eigenvalue weighted by Crippen LogP contribution is -2.49. The maximum absolute atomic E-state index is 14.1. The summed E-state index contributed by atoms with van der Waals surface area (Å²) in [6, 6.07) is 5.73. The van der Waals surface area contributed by atoms with Gasteiger partial charge in [0.1, 0.15) is 11.9 Å². The number of hydrogen-bond acceptors (Lipinski definition) is 4. The molecule has 1 atom stereocenters. The Morgan fingerprint density at radius 2 is 1.96 bits per heavy atom. The smallest absolute Gasteiger partial charge is 0.323 e. The van der Waals surface area contributed by atoms with Gasteiger partial charge >= 0.3 is 5.97 Å². The molecule has 0 saturated carbocycles. The largest absolute Gasteiger partial charge is 0.468 e. The van der Waals surface area contributed by atoms with E-state index in [2.05, 4.69) is 9.80 Å². The van der Waals surface area contributed by atoms with E-state index in [4.69, 9.17) is 4.74 Å². The number of methoxy groups -OCH3 is 1. The molecule has 2 fully saturated rings. The van der Waals surface area contributed by atoms with Gasteiger partial charge in [-0.05, 0) is 56.8 Å². The van der Waals surface area contributed by atoms with Gasteiger partial charge in [0.15, 0.2) is 0 Å². The van der Waals surface area contributed by atoms with Crippen molar-refractivity contribution in [3.63, 3.8) is 0 Å². The zero-order valence-corrected chi connectivity index (χ0v) is 13.9. The third-order valence-electron chi connectivity index (χ3n) is 5.14. The van der Waals surface area contributed by atoms with Gasteiger partial charge in [0.25, 0.3) is 0 Å². The second-order valence-electron chi connectivity index (χ2n) is 6.59. The van der Waals surface area contributed by atoms with Crippen LogP contribution in [0.2, 0.25) is 0 Å². The van der Waals surface area contributed by atoms with Crippen molar-refractivity contribution in [2.24, 2.45) is 0 Å². The van der Waals surface area contributed by atoms with Crippen LogP contribution in [0.3, 0.4) is 0 Å². The van der Waals surface area contributed by atoms with Crippen molar-refractivity contribution in [3.8, 4) is 0 Å². The van der Waals surface area contributed by atoms with Crippen LogP contribution >= 0.6 is 0 Å². The van der Waals surface area contributed by atoms with Crippen molar-refractivity contribution < 1.29 is 13.9 Å². The van der Waals surface area contributed by atoms with E-state index >= 15 is 0 Å². The minimum atomic E-state index is -0.142. The molecule has 0 radical (unpaired) electrons. The molecule has 3 rings (SSSR count). The van der Waals surface area contributed by atoms with Crippen LogP contribution in [0.5, 0.6) is 0 Å². The van der Waals surface area contributed by atoms with Crippen LogP contribution in [0.15, 0.2) is 18.2 Å². The van der Waals surface area contributed by atoms with E-state index in [-0.39, 0.29) is 17.8 Å². The molecule has 23 heavy (non-hydrogen) atoms. The molecule has 2 aliphatic heterocycles. The first-order valence-electron chi connectivity index (χ1n) is 8.45. The number of ether oxygens (including phenoxy) is 1. The van der Waals surface area contributed by atoms with E-state index in [0.29, 0.717) is 11.7 Å². The first kappa shape index (κ1) is 16.2. The lowest BCUT2D eigenvalue weighted by atomic mass is 10.0. The van der Waals surface area contributed by atoms with Crippen molar-refractivity contribution in [2.45, 2.75) is 44.7 Å². The molecular formula is C18H25FN2O2. The maximum atomic E-state index is 14.1. The number of anilines is 1. The first-order valence-corrected chi connectivity index (χ1v) is 8.45.